The van der Waals surface area contributed by atoms with Crippen LogP contribution in [0.2, 0.25) is 0 Å². The third-order valence-corrected chi connectivity index (χ3v) is 2.91. The summed E-state index contributed by atoms with van der Waals surface area (Å²) >= 11 is 0. The highest BCUT2D eigenvalue weighted by Crippen LogP contribution is 2.16. The highest BCUT2D eigenvalue weighted by molar-refractivity contribution is 6.43. The summed E-state index contributed by atoms with van der Waals surface area (Å²) in [7, 11) is 1.52. The number of carbonyl (C=O) groups excluding carboxylic acids is 3. The van der Waals surface area contributed by atoms with E-state index in [1.54, 1.807) is 24.3 Å². The first-order valence-electron chi connectivity index (χ1n) is 6.49. The van der Waals surface area contributed by atoms with E-state index in [9.17, 15) is 14.4 Å². The molecule has 0 saturated carbocycles. The van der Waals surface area contributed by atoms with Crippen molar-refractivity contribution in [3.8, 4) is 0 Å². The smallest absolute Gasteiger partial charge is 0.271 e. The van der Waals surface area contributed by atoms with Crippen LogP contribution in [0.5, 0.6) is 0 Å². The first-order valence-corrected chi connectivity index (χ1v) is 6.49. The van der Waals surface area contributed by atoms with Crippen molar-refractivity contribution in [3.05, 3.63) is 24.3 Å². The Morgan fingerprint density at radius 1 is 1.19 bits per heavy atom. The topological polar surface area (TPSA) is 90.9 Å². The van der Waals surface area contributed by atoms with Gasteiger partial charge in [-0.25, -0.2) is 5.01 Å². The molecule has 0 atom stereocenters. The molecule has 0 aliphatic carbocycles. The molecule has 1 aliphatic rings. The highest BCUT2D eigenvalue weighted by Gasteiger charge is 2.21. The van der Waals surface area contributed by atoms with E-state index >= 15 is 0 Å². The second-order valence-electron chi connectivity index (χ2n) is 4.68. The second-order valence-corrected chi connectivity index (χ2v) is 4.68. The summed E-state index contributed by atoms with van der Waals surface area (Å²) in [6, 6.07) is 6.81. The maximum atomic E-state index is 12.1. The largest absolute Gasteiger partial charge is 0.326 e. The van der Waals surface area contributed by atoms with Crippen molar-refractivity contribution in [2.24, 2.45) is 5.10 Å². The normalized spacial score (nSPS) is 14.5. The number of anilines is 2. The van der Waals surface area contributed by atoms with Gasteiger partial charge in [0, 0.05) is 38.2 Å². The van der Waals surface area contributed by atoms with Crippen molar-refractivity contribution < 1.29 is 14.4 Å². The van der Waals surface area contributed by atoms with Gasteiger partial charge in [0.15, 0.2) is 0 Å². The number of rotatable bonds is 3. The lowest BCUT2D eigenvalue weighted by atomic mass is 10.1. The van der Waals surface area contributed by atoms with Crippen LogP contribution in [0.3, 0.4) is 0 Å². The van der Waals surface area contributed by atoms with Gasteiger partial charge in [-0.15, -0.1) is 0 Å². The average molecular weight is 288 g/mol. The van der Waals surface area contributed by atoms with Crippen molar-refractivity contribution in [1.82, 2.24) is 5.01 Å². The molecule has 0 fully saturated rings. The number of hydrazone groups is 1. The fourth-order valence-corrected chi connectivity index (χ4v) is 1.91. The van der Waals surface area contributed by atoms with Gasteiger partial charge in [0.05, 0.1) is 0 Å². The lowest BCUT2D eigenvalue weighted by molar-refractivity contribution is -0.130. The fraction of sp³-hybridized carbons (Fsp3) is 0.286. The predicted molar refractivity (Wildman–Crippen MR) is 78.8 cm³/mol. The Morgan fingerprint density at radius 3 is 2.48 bits per heavy atom. The molecule has 1 aliphatic heterocycles. The molecule has 2 N–H and O–H groups in total. The van der Waals surface area contributed by atoms with Crippen LogP contribution in [-0.2, 0) is 14.4 Å². The van der Waals surface area contributed by atoms with Gasteiger partial charge >= 0.3 is 0 Å². The van der Waals surface area contributed by atoms with E-state index in [0.717, 1.165) is 0 Å². The number of carbonyl (C=O) groups is 3. The maximum Gasteiger partial charge on any atom is 0.271 e. The minimum Gasteiger partial charge on any atom is -0.326 e. The molecule has 0 bridgehead atoms. The van der Waals surface area contributed by atoms with Crippen LogP contribution in [0.15, 0.2) is 29.4 Å². The van der Waals surface area contributed by atoms with E-state index < -0.39 is 0 Å². The Hall–Kier alpha value is -2.70. The van der Waals surface area contributed by atoms with E-state index in [2.05, 4.69) is 15.7 Å². The summed E-state index contributed by atoms with van der Waals surface area (Å²) in [4.78, 5) is 34.4. The zero-order valence-corrected chi connectivity index (χ0v) is 11.8. The minimum absolute atomic E-state index is 0.112. The number of amides is 3. The maximum absolute atomic E-state index is 12.1. The van der Waals surface area contributed by atoms with Crippen molar-refractivity contribution in [2.75, 3.05) is 17.7 Å². The minimum atomic E-state index is -0.352. The summed E-state index contributed by atoms with van der Waals surface area (Å²) in [6.45, 7) is 1.41. The number of nitrogens with one attached hydrogen (secondary N) is 2. The van der Waals surface area contributed by atoms with Gasteiger partial charge in [-0.05, 0) is 18.2 Å². The van der Waals surface area contributed by atoms with Gasteiger partial charge in [0.1, 0.15) is 5.71 Å². The van der Waals surface area contributed by atoms with Crippen molar-refractivity contribution >= 4 is 34.8 Å². The summed E-state index contributed by atoms with van der Waals surface area (Å²) in [5.74, 6) is -0.649. The number of nitrogens with zero attached hydrogens (tertiary/aromatic N) is 2. The summed E-state index contributed by atoms with van der Waals surface area (Å²) < 4.78 is 0. The molecule has 21 heavy (non-hydrogen) atoms. The van der Waals surface area contributed by atoms with Gasteiger partial charge in [-0.1, -0.05) is 6.07 Å². The molecular weight excluding hydrogens is 272 g/mol. The molecule has 2 rings (SSSR count). The first kappa shape index (κ1) is 14.7. The van der Waals surface area contributed by atoms with E-state index in [4.69, 9.17) is 0 Å². The number of hydrogen-bond acceptors (Lipinski definition) is 4. The van der Waals surface area contributed by atoms with Gasteiger partial charge in [-0.3, -0.25) is 14.4 Å². The third kappa shape index (κ3) is 3.88. The van der Waals surface area contributed by atoms with E-state index in [-0.39, 0.29) is 24.1 Å². The van der Waals surface area contributed by atoms with Crippen molar-refractivity contribution in [2.45, 2.75) is 19.8 Å². The Bertz CT molecular complexity index is 624. The lowest BCUT2D eigenvalue weighted by Gasteiger charge is -2.19. The van der Waals surface area contributed by atoms with E-state index in [1.807, 2.05) is 0 Å². The molecule has 1 aromatic carbocycles. The molecule has 3 amide bonds. The summed E-state index contributed by atoms with van der Waals surface area (Å²) in [5.41, 5.74) is 1.45. The van der Waals surface area contributed by atoms with Crippen LogP contribution in [-0.4, -0.2) is 35.5 Å². The Kier molecular flexibility index (Phi) is 4.32. The molecule has 0 spiro atoms. The molecule has 7 heteroatoms. The average Bonchev–Trinajstić information content (AvgIpc) is 2.41. The van der Waals surface area contributed by atoms with E-state index in [1.165, 1.54) is 19.0 Å². The number of benzene rings is 1. The molecule has 0 unspecified atom stereocenters. The summed E-state index contributed by atoms with van der Waals surface area (Å²) in [6.07, 6.45) is 0.592. The SMILES string of the molecule is CC(=O)Nc1cccc(NC(=O)C2=NN(C)C(=O)CC2)c1. The molecule has 7 nitrogen and oxygen atoms in total. The Morgan fingerprint density at radius 2 is 1.86 bits per heavy atom. The molecule has 1 aromatic rings. The molecular formula is C14H16N4O3. The standard InChI is InChI=1S/C14H16N4O3/c1-9(19)15-10-4-3-5-11(8-10)16-14(21)12-6-7-13(20)18(2)17-12/h3-5,8H,6-7H2,1-2H3,(H,15,19)(H,16,21). The lowest BCUT2D eigenvalue weighted by Crippen LogP contribution is -2.34. The monoisotopic (exact) mass is 288 g/mol. The van der Waals surface area contributed by atoms with Crippen LogP contribution in [0.25, 0.3) is 0 Å². The molecule has 1 heterocycles. The third-order valence-electron chi connectivity index (χ3n) is 2.91. The van der Waals surface area contributed by atoms with Crippen molar-refractivity contribution in [1.29, 1.82) is 0 Å². The van der Waals surface area contributed by atoms with Crippen LogP contribution >= 0.6 is 0 Å². The molecule has 110 valence electrons. The number of hydrogen-bond donors (Lipinski definition) is 2. The van der Waals surface area contributed by atoms with Gasteiger partial charge in [0.2, 0.25) is 11.8 Å². The molecule has 0 saturated heterocycles. The van der Waals surface area contributed by atoms with Crippen LogP contribution in [0.4, 0.5) is 11.4 Å². The highest BCUT2D eigenvalue weighted by atomic mass is 16.2. The second kappa shape index (κ2) is 6.17. The van der Waals surface area contributed by atoms with Crippen LogP contribution < -0.4 is 10.6 Å². The molecule has 0 aromatic heterocycles. The van der Waals surface area contributed by atoms with Crippen molar-refractivity contribution in [3.63, 3.8) is 0 Å². The Balaban J connectivity index is 2.08. The Labute approximate surface area is 122 Å². The predicted octanol–water partition coefficient (Wildman–Crippen LogP) is 1.19. The van der Waals surface area contributed by atoms with Gasteiger partial charge < -0.3 is 10.6 Å². The van der Waals surface area contributed by atoms with Gasteiger partial charge in [0.25, 0.3) is 5.91 Å². The quantitative estimate of drug-likeness (QED) is 0.875. The molecule has 0 radical (unpaired) electrons. The fourth-order valence-electron chi connectivity index (χ4n) is 1.91. The zero-order chi connectivity index (χ0) is 15.4. The zero-order valence-electron chi connectivity index (χ0n) is 11.8. The van der Waals surface area contributed by atoms with Crippen LogP contribution in [0.1, 0.15) is 19.8 Å². The first-order chi connectivity index (χ1) is 9.95. The van der Waals surface area contributed by atoms with E-state index in [0.29, 0.717) is 23.5 Å². The summed E-state index contributed by atoms with van der Waals surface area (Å²) in [5, 5.41) is 10.5. The van der Waals surface area contributed by atoms with Crippen LogP contribution in [0, 0.1) is 0 Å². The van der Waals surface area contributed by atoms with Gasteiger partial charge in [-0.2, -0.15) is 5.10 Å².